The minimum atomic E-state index is -0.608. The van der Waals surface area contributed by atoms with Gasteiger partial charge in [-0.2, -0.15) is 4.98 Å². The zero-order valence-electron chi connectivity index (χ0n) is 23.1. The molecule has 0 saturated heterocycles. The molecule has 8 nitrogen and oxygen atoms in total. The fourth-order valence-electron chi connectivity index (χ4n) is 3.97. The molecule has 0 radical (unpaired) electrons. The number of hydrogen-bond donors (Lipinski definition) is 2. The monoisotopic (exact) mass is 523 g/mol. The number of benzene rings is 1. The fourth-order valence-corrected chi connectivity index (χ4v) is 3.97. The highest BCUT2D eigenvalue weighted by Crippen LogP contribution is 2.36. The van der Waals surface area contributed by atoms with Crippen LogP contribution in [-0.4, -0.2) is 52.0 Å². The average molecular weight is 524 g/mol. The summed E-state index contributed by atoms with van der Waals surface area (Å²) in [5, 5.41) is 6.31. The van der Waals surface area contributed by atoms with Crippen molar-refractivity contribution in [3.63, 3.8) is 0 Å². The second-order valence-corrected chi connectivity index (χ2v) is 10.8. The zero-order chi connectivity index (χ0) is 27.9. The number of Topliss-reactive ketones (excluding diaryl/α,β-unsaturated/α-hetero) is 1. The second-order valence-electron chi connectivity index (χ2n) is 10.8. The van der Waals surface area contributed by atoms with Crippen molar-refractivity contribution in [3.8, 4) is 11.8 Å². The highest BCUT2D eigenvalue weighted by molar-refractivity contribution is 5.87. The number of likely N-dealkylation sites (N-methyl/N-ethyl adjacent to an activating group) is 1. The largest absolute Gasteiger partial charge is 0.444 e. The lowest BCUT2D eigenvalue weighted by molar-refractivity contribution is -0.125. The van der Waals surface area contributed by atoms with Crippen LogP contribution < -0.4 is 10.6 Å². The van der Waals surface area contributed by atoms with E-state index in [1.807, 2.05) is 0 Å². The topological polar surface area (TPSA) is 96.5 Å². The Morgan fingerprint density at radius 1 is 1.29 bits per heavy atom. The zero-order valence-corrected chi connectivity index (χ0v) is 23.1. The number of nitrogens with zero attached hydrogens (tertiary/aromatic N) is 3. The molecule has 204 valence electrons. The first-order valence-corrected chi connectivity index (χ1v) is 13.1. The number of carbonyl (C=O) groups is 2. The quantitative estimate of drug-likeness (QED) is 0.403. The number of ketones is 1. The summed E-state index contributed by atoms with van der Waals surface area (Å²) >= 11 is 0. The third-order valence-corrected chi connectivity index (χ3v) is 6.28. The van der Waals surface area contributed by atoms with Crippen LogP contribution >= 0.6 is 0 Å². The van der Waals surface area contributed by atoms with E-state index in [2.05, 4.69) is 39.4 Å². The van der Waals surface area contributed by atoms with Gasteiger partial charge in [0, 0.05) is 31.6 Å². The van der Waals surface area contributed by atoms with E-state index in [0.717, 1.165) is 25.8 Å². The van der Waals surface area contributed by atoms with Gasteiger partial charge < -0.3 is 20.3 Å². The molecule has 1 atom stereocenters. The van der Waals surface area contributed by atoms with Gasteiger partial charge in [0.25, 0.3) is 0 Å². The minimum absolute atomic E-state index is 0.0237. The number of nitrogens with one attached hydrogen (secondary N) is 2. The van der Waals surface area contributed by atoms with Gasteiger partial charge in [0.2, 0.25) is 5.95 Å². The van der Waals surface area contributed by atoms with Crippen molar-refractivity contribution in [2.45, 2.75) is 71.9 Å². The Bertz CT molecular complexity index is 1190. The summed E-state index contributed by atoms with van der Waals surface area (Å²) in [6, 6.07) is 5.58. The molecule has 0 aliphatic heterocycles. The smallest absolute Gasteiger partial charge is 0.410 e. The van der Waals surface area contributed by atoms with Gasteiger partial charge in [-0.1, -0.05) is 24.8 Å². The van der Waals surface area contributed by atoms with E-state index in [9.17, 15) is 14.0 Å². The number of hydrogen-bond acceptors (Lipinski definition) is 7. The molecule has 1 saturated carbocycles. The van der Waals surface area contributed by atoms with Crippen LogP contribution in [0.1, 0.15) is 65.9 Å². The lowest BCUT2D eigenvalue weighted by atomic mass is 9.72. The first-order valence-electron chi connectivity index (χ1n) is 13.1. The van der Waals surface area contributed by atoms with E-state index >= 15 is 0 Å². The van der Waals surface area contributed by atoms with E-state index in [1.165, 1.54) is 17.0 Å². The van der Waals surface area contributed by atoms with Crippen molar-refractivity contribution in [2.24, 2.45) is 11.8 Å². The number of anilines is 3. The summed E-state index contributed by atoms with van der Waals surface area (Å²) in [5.41, 5.74) is 0.644. The molecule has 38 heavy (non-hydrogen) atoms. The molecule has 1 aliphatic carbocycles. The van der Waals surface area contributed by atoms with Gasteiger partial charge in [-0.3, -0.25) is 4.79 Å². The molecule has 1 aromatic heterocycles. The molecular formula is C29H38FN5O3. The molecule has 1 fully saturated rings. The Labute approximate surface area is 224 Å². The van der Waals surface area contributed by atoms with E-state index in [-0.39, 0.29) is 23.4 Å². The van der Waals surface area contributed by atoms with Crippen LogP contribution in [0, 0.1) is 29.5 Å². The number of amides is 1. The molecule has 3 rings (SSSR count). The predicted octanol–water partition coefficient (Wildman–Crippen LogP) is 5.77. The van der Waals surface area contributed by atoms with Gasteiger partial charge in [-0.15, -0.1) is 0 Å². The first-order chi connectivity index (χ1) is 17.9. The van der Waals surface area contributed by atoms with Gasteiger partial charge >= 0.3 is 6.09 Å². The van der Waals surface area contributed by atoms with Crippen LogP contribution in [-0.2, 0) is 9.53 Å². The number of carbonyl (C=O) groups excluding carboxylic acids is 2. The number of ether oxygens (including phenoxy) is 1. The number of aromatic nitrogens is 2. The molecule has 0 spiro atoms. The standard InChI is InChI=1S/C29H38FN5O3/c1-7-13-31-26-22(18-32-27(34-26)33-24-10-8-9-23(30)17-24)12-11-20-14-21(15-20)16-25(36)19(2)35(6)28(37)38-29(3,4)5/h8-10,17-21H,7,13-16H2,1-6H3,(H2,31,32,33,34)/t19-,20?,21?/m0/s1. The Balaban J connectivity index is 1.56. The maximum absolute atomic E-state index is 13.5. The van der Waals surface area contributed by atoms with Crippen molar-refractivity contribution in [1.82, 2.24) is 14.9 Å². The van der Waals surface area contributed by atoms with Crippen molar-refractivity contribution >= 4 is 29.3 Å². The Kier molecular flexibility index (Phi) is 9.67. The minimum Gasteiger partial charge on any atom is -0.444 e. The van der Waals surface area contributed by atoms with Gasteiger partial charge in [-0.25, -0.2) is 14.2 Å². The fraction of sp³-hybridized carbons (Fsp3) is 0.517. The second kappa shape index (κ2) is 12.7. The van der Waals surface area contributed by atoms with Gasteiger partial charge in [0.1, 0.15) is 17.2 Å². The van der Waals surface area contributed by atoms with Gasteiger partial charge in [0.15, 0.2) is 5.78 Å². The van der Waals surface area contributed by atoms with Crippen molar-refractivity contribution < 1.29 is 18.7 Å². The molecular weight excluding hydrogens is 485 g/mol. The molecule has 2 N–H and O–H groups in total. The Hall–Kier alpha value is -3.67. The number of rotatable bonds is 9. The average Bonchev–Trinajstić information content (AvgIpc) is 2.82. The third-order valence-electron chi connectivity index (χ3n) is 6.28. The van der Waals surface area contributed by atoms with Crippen LogP contribution in [0.15, 0.2) is 30.5 Å². The van der Waals surface area contributed by atoms with Crippen molar-refractivity contribution in [2.75, 3.05) is 24.2 Å². The predicted molar refractivity (Wildman–Crippen MR) is 147 cm³/mol. The highest BCUT2D eigenvalue weighted by Gasteiger charge is 2.33. The summed E-state index contributed by atoms with van der Waals surface area (Å²) in [4.78, 5) is 35.2. The van der Waals surface area contributed by atoms with Crippen LogP contribution in [0.25, 0.3) is 0 Å². The molecule has 9 heteroatoms. The normalized spacial score (nSPS) is 17.3. The van der Waals surface area contributed by atoms with E-state index in [0.29, 0.717) is 29.4 Å². The summed E-state index contributed by atoms with van der Waals surface area (Å²) in [6.07, 6.45) is 4.16. The number of halogens is 1. The lowest BCUT2D eigenvalue weighted by Crippen LogP contribution is -2.44. The molecule has 2 aromatic rings. The summed E-state index contributed by atoms with van der Waals surface area (Å²) < 4.78 is 18.9. The van der Waals surface area contributed by atoms with E-state index in [4.69, 9.17) is 4.74 Å². The third kappa shape index (κ3) is 8.44. The highest BCUT2D eigenvalue weighted by atomic mass is 19.1. The van der Waals surface area contributed by atoms with Crippen molar-refractivity contribution in [3.05, 3.63) is 41.8 Å². The molecule has 1 amide bonds. The Morgan fingerprint density at radius 2 is 2.03 bits per heavy atom. The van der Waals surface area contributed by atoms with Crippen molar-refractivity contribution in [1.29, 1.82) is 0 Å². The lowest BCUT2D eigenvalue weighted by Gasteiger charge is -2.33. The van der Waals surface area contributed by atoms with Gasteiger partial charge in [0.05, 0.1) is 17.8 Å². The van der Waals surface area contributed by atoms with Crippen LogP contribution in [0.3, 0.4) is 0 Å². The van der Waals surface area contributed by atoms with E-state index in [1.54, 1.807) is 53.1 Å². The molecule has 0 bridgehead atoms. The maximum Gasteiger partial charge on any atom is 0.410 e. The molecule has 0 unspecified atom stereocenters. The summed E-state index contributed by atoms with van der Waals surface area (Å²) in [6.45, 7) is 9.93. The molecule has 1 heterocycles. The van der Waals surface area contributed by atoms with Crippen LogP contribution in [0.5, 0.6) is 0 Å². The molecule has 1 aromatic carbocycles. The SMILES string of the molecule is CCCNc1nc(Nc2cccc(F)c2)ncc1C#CC1CC(CC(=O)[C@H](C)N(C)C(=O)OC(C)(C)C)C1. The van der Waals surface area contributed by atoms with E-state index < -0.39 is 17.7 Å². The van der Waals surface area contributed by atoms with Crippen LogP contribution in [0.2, 0.25) is 0 Å². The Morgan fingerprint density at radius 3 is 2.68 bits per heavy atom. The summed E-state index contributed by atoms with van der Waals surface area (Å²) in [7, 11) is 1.59. The van der Waals surface area contributed by atoms with Crippen LogP contribution in [0.4, 0.5) is 26.6 Å². The van der Waals surface area contributed by atoms with Gasteiger partial charge in [-0.05, 0) is 71.1 Å². The summed E-state index contributed by atoms with van der Waals surface area (Å²) in [5.74, 6) is 7.59. The molecule has 1 aliphatic rings. The maximum atomic E-state index is 13.5. The first kappa shape index (κ1) is 28.9.